The van der Waals surface area contributed by atoms with Crippen molar-refractivity contribution in [2.75, 3.05) is 7.11 Å². The summed E-state index contributed by atoms with van der Waals surface area (Å²) in [6.45, 7) is 0. The number of methoxy groups -OCH3 is 1. The van der Waals surface area contributed by atoms with E-state index in [0.717, 1.165) is 5.56 Å². The molecule has 1 aliphatic rings. The highest BCUT2D eigenvalue weighted by Gasteiger charge is 2.37. The summed E-state index contributed by atoms with van der Waals surface area (Å²) < 4.78 is 5.19. The maximum Gasteiger partial charge on any atom is 0.248 e. The standard InChI is InChI=1S/C12H14N2O2S/c1-16-9(7-8-5-3-2-4-6-8)13-10-11(15)14-12(10)17/h2-6,10,12,17H,7H2,1H3,(H,14,15). The molecular formula is C12H14N2O2S. The molecule has 4 nitrogen and oxygen atoms in total. The predicted molar refractivity (Wildman–Crippen MR) is 69.3 cm³/mol. The lowest BCUT2D eigenvalue weighted by molar-refractivity contribution is -0.128. The third-order valence-corrected chi connectivity index (χ3v) is 2.99. The zero-order chi connectivity index (χ0) is 12.3. The smallest absolute Gasteiger partial charge is 0.248 e. The Bertz CT molecular complexity index is 433. The molecule has 0 bridgehead atoms. The van der Waals surface area contributed by atoms with Crippen molar-refractivity contribution >= 4 is 24.4 Å². The van der Waals surface area contributed by atoms with Gasteiger partial charge >= 0.3 is 0 Å². The number of ether oxygens (including phenoxy) is 1. The van der Waals surface area contributed by atoms with E-state index in [2.05, 4.69) is 22.9 Å². The van der Waals surface area contributed by atoms with Gasteiger partial charge in [0.25, 0.3) is 0 Å². The number of rotatable bonds is 3. The number of thiol groups is 1. The quantitative estimate of drug-likeness (QED) is 0.364. The third kappa shape index (κ3) is 2.79. The Morgan fingerprint density at radius 2 is 2.18 bits per heavy atom. The number of amides is 1. The van der Waals surface area contributed by atoms with E-state index in [0.29, 0.717) is 12.3 Å². The first kappa shape index (κ1) is 12.0. The molecule has 0 aliphatic carbocycles. The molecule has 2 unspecified atom stereocenters. The number of nitrogens with zero attached hydrogens (tertiary/aromatic N) is 1. The molecule has 1 aromatic rings. The van der Waals surface area contributed by atoms with E-state index >= 15 is 0 Å². The molecule has 17 heavy (non-hydrogen) atoms. The van der Waals surface area contributed by atoms with Gasteiger partial charge in [-0.3, -0.25) is 4.79 Å². The van der Waals surface area contributed by atoms with E-state index < -0.39 is 6.04 Å². The van der Waals surface area contributed by atoms with Gasteiger partial charge in [-0.25, -0.2) is 4.99 Å². The second-order valence-electron chi connectivity index (χ2n) is 3.79. The normalized spacial score (nSPS) is 23.9. The number of carbonyl (C=O) groups is 1. The monoisotopic (exact) mass is 250 g/mol. The number of hydrogen-bond acceptors (Lipinski definition) is 4. The van der Waals surface area contributed by atoms with Crippen molar-refractivity contribution in [1.82, 2.24) is 5.32 Å². The predicted octanol–water partition coefficient (Wildman–Crippen LogP) is 1.03. The number of β-lactam (4-membered cyclic amide) rings is 1. The third-order valence-electron chi connectivity index (χ3n) is 2.57. The second kappa shape index (κ2) is 5.23. The Hall–Kier alpha value is -1.49. The summed E-state index contributed by atoms with van der Waals surface area (Å²) in [4.78, 5) is 15.5. The first-order valence-electron chi connectivity index (χ1n) is 5.33. The SMILES string of the molecule is COC(Cc1ccccc1)=NC1C(=O)NC1S. The first-order valence-corrected chi connectivity index (χ1v) is 5.85. The minimum absolute atomic E-state index is 0.104. The van der Waals surface area contributed by atoms with Crippen LogP contribution in [-0.2, 0) is 16.0 Å². The van der Waals surface area contributed by atoms with Crippen LogP contribution in [0.1, 0.15) is 5.56 Å². The summed E-state index contributed by atoms with van der Waals surface area (Å²) in [5.74, 6) is 0.447. The van der Waals surface area contributed by atoms with Crippen molar-refractivity contribution in [2.45, 2.75) is 17.8 Å². The van der Waals surface area contributed by atoms with Gasteiger partial charge in [-0.15, -0.1) is 0 Å². The minimum atomic E-state index is -0.433. The minimum Gasteiger partial charge on any atom is -0.484 e. The molecule has 0 radical (unpaired) electrons. The van der Waals surface area contributed by atoms with Crippen LogP contribution in [0, 0.1) is 0 Å². The Kier molecular flexibility index (Phi) is 3.68. The van der Waals surface area contributed by atoms with Crippen LogP contribution in [0.4, 0.5) is 0 Å². The van der Waals surface area contributed by atoms with Crippen LogP contribution in [0.2, 0.25) is 0 Å². The molecule has 0 aromatic heterocycles. The number of carbonyl (C=O) groups excluding carboxylic acids is 1. The number of nitrogens with one attached hydrogen (secondary N) is 1. The second-order valence-corrected chi connectivity index (χ2v) is 4.34. The Morgan fingerprint density at radius 1 is 1.47 bits per heavy atom. The van der Waals surface area contributed by atoms with Crippen LogP contribution in [0.25, 0.3) is 0 Å². The molecule has 1 amide bonds. The maximum atomic E-state index is 11.2. The molecule has 0 spiro atoms. The van der Waals surface area contributed by atoms with E-state index in [9.17, 15) is 4.79 Å². The Morgan fingerprint density at radius 3 is 2.71 bits per heavy atom. The number of aliphatic imine (C=N–C) groups is 1. The highest BCUT2D eigenvalue weighted by Crippen LogP contribution is 2.15. The summed E-state index contributed by atoms with van der Waals surface area (Å²) in [7, 11) is 1.56. The van der Waals surface area contributed by atoms with Gasteiger partial charge in [-0.2, -0.15) is 12.6 Å². The molecule has 5 heteroatoms. The molecule has 1 heterocycles. The van der Waals surface area contributed by atoms with Crippen LogP contribution in [0.5, 0.6) is 0 Å². The van der Waals surface area contributed by atoms with E-state index in [4.69, 9.17) is 4.74 Å². The lowest BCUT2D eigenvalue weighted by Crippen LogP contribution is -2.58. The van der Waals surface area contributed by atoms with Crippen molar-refractivity contribution in [3.63, 3.8) is 0 Å². The Labute approximate surface area is 105 Å². The average Bonchev–Trinajstić information content (AvgIpc) is 2.35. The molecular weight excluding hydrogens is 236 g/mol. The van der Waals surface area contributed by atoms with Crippen LogP contribution < -0.4 is 5.32 Å². The van der Waals surface area contributed by atoms with Crippen molar-refractivity contribution in [2.24, 2.45) is 4.99 Å². The largest absolute Gasteiger partial charge is 0.484 e. The molecule has 1 saturated heterocycles. The van der Waals surface area contributed by atoms with E-state index in [1.165, 1.54) is 0 Å². The highest BCUT2D eigenvalue weighted by atomic mass is 32.1. The fourth-order valence-corrected chi connectivity index (χ4v) is 1.91. The van der Waals surface area contributed by atoms with E-state index in [-0.39, 0.29) is 11.3 Å². The van der Waals surface area contributed by atoms with Crippen LogP contribution >= 0.6 is 12.6 Å². The molecule has 2 rings (SSSR count). The lowest BCUT2D eigenvalue weighted by Gasteiger charge is -2.30. The van der Waals surface area contributed by atoms with Gasteiger partial charge in [0.1, 0.15) is 5.37 Å². The Balaban J connectivity index is 2.06. The molecule has 1 fully saturated rings. The summed E-state index contributed by atoms with van der Waals surface area (Å²) in [5, 5.41) is 2.41. The topological polar surface area (TPSA) is 50.7 Å². The summed E-state index contributed by atoms with van der Waals surface area (Å²) in [6.07, 6.45) is 0.585. The maximum absolute atomic E-state index is 11.2. The lowest BCUT2D eigenvalue weighted by atomic mass is 10.1. The van der Waals surface area contributed by atoms with Gasteiger partial charge in [0.2, 0.25) is 5.91 Å². The molecule has 90 valence electrons. The van der Waals surface area contributed by atoms with E-state index in [1.807, 2.05) is 30.3 Å². The average molecular weight is 250 g/mol. The summed E-state index contributed by atoms with van der Waals surface area (Å²) in [6, 6.07) is 9.43. The first-order chi connectivity index (χ1) is 8.20. The van der Waals surface area contributed by atoms with Gasteiger partial charge in [0.15, 0.2) is 11.9 Å². The molecule has 1 aliphatic heterocycles. The fourth-order valence-electron chi connectivity index (χ4n) is 1.58. The molecule has 1 aromatic carbocycles. The summed E-state index contributed by atoms with van der Waals surface area (Å²) >= 11 is 4.18. The van der Waals surface area contributed by atoms with Crippen molar-refractivity contribution in [3.05, 3.63) is 35.9 Å². The number of benzene rings is 1. The fraction of sp³-hybridized carbons (Fsp3) is 0.333. The molecule has 0 saturated carbocycles. The van der Waals surface area contributed by atoms with Crippen molar-refractivity contribution < 1.29 is 9.53 Å². The molecule has 2 atom stereocenters. The van der Waals surface area contributed by atoms with Crippen molar-refractivity contribution in [3.8, 4) is 0 Å². The van der Waals surface area contributed by atoms with E-state index in [1.54, 1.807) is 7.11 Å². The van der Waals surface area contributed by atoms with Gasteiger partial charge in [0, 0.05) is 6.42 Å². The number of hydrogen-bond donors (Lipinski definition) is 2. The van der Waals surface area contributed by atoms with Gasteiger partial charge < -0.3 is 10.1 Å². The molecule has 1 N–H and O–H groups in total. The van der Waals surface area contributed by atoms with Gasteiger partial charge in [-0.1, -0.05) is 30.3 Å². The highest BCUT2D eigenvalue weighted by molar-refractivity contribution is 7.81. The zero-order valence-corrected chi connectivity index (χ0v) is 10.4. The zero-order valence-electron chi connectivity index (χ0n) is 9.46. The summed E-state index contributed by atoms with van der Waals surface area (Å²) in [5.41, 5.74) is 1.10. The van der Waals surface area contributed by atoms with Crippen LogP contribution in [0.3, 0.4) is 0 Å². The van der Waals surface area contributed by atoms with Gasteiger partial charge in [-0.05, 0) is 5.56 Å². The van der Waals surface area contributed by atoms with Crippen LogP contribution in [-0.4, -0.2) is 30.3 Å². The van der Waals surface area contributed by atoms with Gasteiger partial charge in [0.05, 0.1) is 7.11 Å². The van der Waals surface area contributed by atoms with Crippen LogP contribution in [0.15, 0.2) is 35.3 Å². The van der Waals surface area contributed by atoms with Crippen molar-refractivity contribution in [1.29, 1.82) is 0 Å².